The van der Waals surface area contributed by atoms with Gasteiger partial charge in [-0.05, 0) is 37.5 Å². The lowest BCUT2D eigenvalue weighted by atomic mass is 9.72. The van der Waals surface area contributed by atoms with Crippen molar-refractivity contribution in [3.63, 3.8) is 0 Å². The van der Waals surface area contributed by atoms with E-state index in [2.05, 4.69) is 9.47 Å². The molecule has 0 radical (unpaired) electrons. The van der Waals surface area contributed by atoms with Crippen molar-refractivity contribution in [2.75, 3.05) is 7.11 Å². The third kappa shape index (κ3) is 2.13. The topological polar surface area (TPSA) is 35.5 Å². The second-order valence-corrected chi connectivity index (χ2v) is 5.68. The highest BCUT2D eigenvalue weighted by atomic mass is 19.4. The molecular formula is C12H13F7O3. The quantitative estimate of drug-likeness (QED) is 0.560. The number of rotatable bonds is 2. The zero-order valence-corrected chi connectivity index (χ0v) is 11.4. The Morgan fingerprint density at radius 3 is 1.95 bits per heavy atom. The molecule has 2 rings (SSSR count). The number of methoxy groups -OCH3 is 1. The van der Waals surface area contributed by atoms with Gasteiger partial charge in [0.1, 0.15) is 0 Å². The molecule has 2 saturated carbocycles. The number of ether oxygens (including phenoxy) is 2. The summed E-state index contributed by atoms with van der Waals surface area (Å²) < 4.78 is 102. The summed E-state index contributed by atoms with van der Waals surface area (Å²) in [5.41, 5.74) is -8.97. The Morgan fingerprint density at radius 2 is 1.64 bits per heavy atom. The van der Waals surface area contributed by atoms with Gasteiger partial charge in [-0.3, -0.25) is 0 Å². The highest BCUT2D eigenvalue weighted by Gasteiger charge is 2.87. The molecule has 22 heavy (non-hydrogen) atoms. The van der Waals surface area contributed by atoms with Gasteiger partial charge in [-0.1, -0.05) is 0 Å². The lowest BCUT2D eigenvalue weighted by molar-refractivity contribution is -0.407. The van der Waals surface area contributed by atoms with Gasteiger partial charge < -0.3 is 9.47 Å². The minimum absolute atomic E-state index is 0.0884. The van der Waals surface area contributed by atoms with Crippen LogP contribution in [0.15, 0.2) is 0 Å². The van der Waals surface area contributed by atoms with Crippen LogP contribution >= 0.6 is 0 Å². The maximum atomic E-state index is 15.0. The molecule has 0 aromatic carbocycles. The van der Waals surface area contributed by atoms with Crippen LogP contribution in [0.1, 0.15) is 25.7 Å². The van der Waals surface area contributed by atoms with Crippen molar-refractivity contribution in [3.8, 4) is 0 Å². The van der Waals surface area contributed by atoms with E-state index in [1.54, 1.807) is 0 Å². The Kier molecular flexibility index (Phi) is 3.81. The summed E-state index contributed by atoms with van der Waals surface area (Å²) in [6.07, 6.45) is -15.4. The van der Waals surface area contributed by atoms with E-state index in [1.807, 2.05) is 0 Å². The van der Waals surface area contributed by atoms with E-state index in [4.69, 9.17) is 0 Å². The second kappa shape index (κ2) is 4.89. The lowest BCUT2D eigenvalue weighted by Gasteiger charge is -2.47. The van der Waals surface area contributed by atoms with E-state index in [0.717, 1.165) is 0 Å². The second-order valence-electron chi connectivity index (χ2n) is 5.68. The number of carbonyl (C=O) groups is 1. The average Bonchev–Trinajstić information content (AvgIpc) is 2.92. The molecule has 3 atom stereocenters. The van der Waals surface area contributed by atoms with Crippen molar-refractivity contribution in [2.45, 2.75) is 49.3 Å². The number of carbonyl (C=O) groups excluding carboxylic acids is 1. The smallest absolute Gasteiger partial charge is 0.438 e. The molecule has 0 amide bonds. The highest BCUT2D eigenvalue weighted by molar-refractivity contribution is 5.61. The van der Waals surface area contributed by atoms with Crippen LogP contribution in [-0.4, -0.2) is 36.9 Å². The van der Waals surface area contributed by atoms with Crippen LogP contribution in [0.5, 0.6) is 0 Å². The summed E-state index contributed by atoms with van der Waals surface area (Å²) >= 11 is 0. The summed E-state index contributed by atoms with van der Waals surface area (Å²) in [4.78, 5) is 11.0. The Hall–Kier alpha value is -1.22. The molecule has 3 unspecified atom stereocenters. The zero-order valence-electron chi connectivity index (χ0n) is 11.4. The first-order valence-corrected chi connectivity index (χ1v) is 6.48. The SMILES string of the molecule is COC(=O)OC(C(F)(F)F)(C(F)(F)F)C1(F)CC2CCC1C2. The van der Waals surface area contributed by atoms with E-state index in [9.17, 15) is 31.1 Å². The summed E-state index contributed by atoms with van der Waals surface area (Å²) in [5.74, 6) is -2.05. The van der Waals surface area contributed by atoms with E-state index in [1.165, 1.54) is 0 Å². The molecule has 128 valence electrons. The van der Waals surface area contributed by atoms with Gasteiger partial charge in [-0.15, -0.1) is 0 Å². The summed E-state index contributed by atoms with van der Waals surface area (Å²) in [6.45, 7) is 0. The van der Waals surface area contributed by atoms with Crippen molar-refractivity contribution in [3.05, 3.63) is 0 Å². The summed E-state index contributed by atoms with van der Waals surface area (Å²) in [6, 6.07) is 0. The standard InChI is InChI=1S/C12H13F7O3/c1-21-8(20)22-10(11(14,15)16,12(17,18)19)9(13)5-6-2-3-7(9)4-6/h6-7H,2-5H2,1H3. The van der Waals surface area contributed by atoms with Crippen LogP contribution < -0.4 is 0 Å². The van der Waals surface area contributed by atoms with Crippen LogP contribution in [0, 0.1) is 11.8 Å². The zero-order chi connectivity index (χ0) is 17.0. The van der Waals surface area contributed by atoms with Gasteiger partial charge in [0, 0.05) is 0 Å². The summed E-state index contributed by atoms with van der Waals surface area (Å²) in [5, 5.41) is 0. The van der Waals surface area contributed by atoms with E-state index >= 15 is 4.39 Å². The molecule has 2 aliphatic rings. The van der Waals surface area contributed by atoms with Gasteiger partial charge in [0.15, 0.2) is 5.67 Å². The molecule has 0 saturated heterocycles. The molecule has 10 heteroatoms. The molecule has 2 fully saturated rings. The monoisotopic (exact) mass is 338 g/mol. The van der Waals surface area contributed by atoms with Crippen molar-refractivity contribution < 1.29 is 45.0 Å². The van der Waals surface area contributed by atoms with Crippen LogP contribution in [0.3, 0.4) is 0 Å². The molecule has 2 aliphatic carbocycles. The third-order valence-corrected chi connectivity index (χ3v) is 4.56. The molecule has 2 bridgehead atoms. The van der Waals surface area contributed by atoms with Gasteiger partial charge in [0.05, 0.1) is 7.11 Å². The molecule has 0 N–H and O–H groups in total. The molecule has 0 aromatic rings. The molecule has 0 heterocycles. The van der Waals surface area contributed by atoms with Gasteiger partial charge in [-0.2, -0.15) is 26.3 Å². The van der Waals surface area contributed by atoms with Crippen molar-refractivity contribution >= 4 is 6.16 Å². The highest BCUT2D eigenvalue weighted by Crippen LogP contribution is 2.65. The van der Waals surface area contributed by atoms with Gasteiger partial charge >= 0.3 is 24.1 Å². The van der Waals surface area contributed by atoms with Crippen LogP contribution in [0.4, 0.5) is 35.5 Å². The van der Waals surface area contributed by atoms with Crippen LogP contribution in [0.25, 0.3) is 0 Å². The first kappa shape index (κ1) is 17.1. The van der Waals surface area contributed by atoms with E-state index in [0.29, 0.717) is 13.5 Å². The minimum atomic E-state index is -6.17. The first-order valence-electron chi connectivity index (χ1n) is 6.48. The van der Waals surface area contributed by atoms with E-state index in [-0.39, 0.29) is 12.8 Å². The molecular weight excluding hydrogens is 325 g/mol. The van der Waals surface area contributed by atoms with Crippen LogP contribution in [-0.2, 0) is 9.47 Å². The molecule has 0 aromatic heterocycles. The van der Waals surface area contributed by atoms with Crippen molar-refractivity contribution in [1.82, 2.24) is 0 Å². The predicted octanol–water partition coefficient (Wildman–Crippen LogP) is 4.16. The Bertz CT molecular complexity index is 445. The number of hydrogen-bond donors (Lipinski definition) is 0. The fraction of sp³-hybridized carbons (Fsp3) is 0.917. The van der Waals surface area contributed by atoms with Crippen molar-refractivity contribution in [2.24, 2.45) is 11.8 Å². The maximum absolute atomic E-state index is 15.0. The minimum Gasteiger partial charge on any atom is -0.438 e. The molecule has 0 spiro atoms. The Morgan fingerprint density at radius 1 is 1.09 bits per heavy atom. The number of hydrogen-bond acceptors (Lipinski definition) is 3. The predicted molar refractivity (Wildman–Crippen MR) is 57.6 cm³/mol. The Labute approximate surface area is 120 Å². The van der Waals surface area contributed by atoms with Crippen LogP contribution in [0.2, 0.25) is 0 Å². The number of alkyl halides is 7. The summed E-state index contributed by atoms with van der Waals surface area (Å²) in [7, 11) is 0.547. The normalized spacial score (nSPS) is 32.2. The first-order chi connectivity index (χ1) is 9.89. The third-order valence-electron chi connectivity index (χ3n) is 4.56. The van der Waals surface area contributed by atoms with Gasteiger partial charge in [0.2, 0.25) is 0 Å². The fourth-order valence-electron chi connectivity index (χ4n) is 3.69. The maximum Gasteiger partial charge on any atom is 0.509 e. The molecule has 0 aliphatic heterocycles. The molecule has 3 nitrogen and oxygen atoms in total. The Balaban J connectivity index is 2.60. The lowest BCUT2D eigenvalue weighted by Crippen LogP contribution is -2.72. The largest absolute Gasteiger partial charge is 0.509 e. The number of halogens is 7. The van der Waals surface area contributed by atoms with Gasteiger partial charge in [-0.25, -0.2) is 9.18 Å². The average molecular weight is 338 g/mol. The van der Waals surface area contributed by atoms with Crippen molar-refractivity contribution in [1.29, 1.82) is 0 Å². The number of fused-ring (bicyclic) bond motifs is 2. The fourth-order valence-corrected chi connectivity index (χ4v) is 3.69. The van der Waals surface area contributed by atoms with Gasteiger partial charge in [0.25, 0.3) is 0 Å². The van der Waals surface area contributed by atoms with E-state index < -0.39 is 48.0 Å².